The minimum Gasteiger partial charge on any atom is -0.496 e. The molecular weight excluding hydrogens is 628 g/mol. The SMILES string of the molecule is COc1cc(-c2nccc(-c3cccc(-c4ccc(CNC[C@H]5CCC(=O)N5)c(OC)n4)c3Cl)c2C)ccc1CNC[C@H]1CCC(=O)N1. The van der Waals surface area contributed by atoms with E-state index in [-0.39, 0.29) is 23.9 Å². The summed E-state index contributed by atoms with van der Waals surface area (Å²) in [7, 11) is 3.28. The van der Waals surface area contributed by atoms with Crippen molar-refractivity contribution in [1.29, 1.82) is 0 Å². The summed E-state index contributed by atoms with van der Waals surface area (Å²) in [6.07, 6.45) is 4.67. The molecule has 0 unspecified atom stereocenters. The first kappa shape index (κ1) is 33.4. The summed E-state index contributed by atoms with van der Waals surface area (Å²) >= 11 is 7.13. The molecule has 4 heterocycles. The molecule has 48 heavy (non-hydrogen) atoms. The van der Waals surface area contributed by atoms with Crippen LogP contribution in [0.25, 0.3) is 33.6 Å². The zero-order valence-electron chi connectivity index (χ0n) is 27.5. The third-order valence-electron chi connectivity index (χ3n) is 9.04. The van der Waals surface area contributed by atoms with E-state index in [9.17, 15) is 9.59 Å². The summed E-state index contributed by atoms with van der Waals surface area (Å²) in [5.41, 5.74) is 8.09. The van der Waals surface area contributed by atoms with Crippen molar-refractivity contribution in [3.8, 4) is 45.3 Å². The average Bonchev–Trinajstić information content (AvgIpc) is 3.72. The number of halogens is 1. The summed E-state index contributed by atoms with van der Waals surface area (Å²) in [6, 6.07) is 18.3. The van der Waals surface area contributed by atoms with Crippen molar-refractivity contribution in [2.24, 2.45) is 0 Å². The topological polar surface area (TPSA) is 126 Å². The molecule has 2 atom stereocenters. The molecule has 4 N–H and O–H groups in total. The standard InChI is InChI=1S/C37H41ClN6O4/c1-22-28(15-16-41-36(22)23-7-8-24(32(17-23)47-2)18-39-20-26-10-13-33(45)42-26)29-5-4-6-30(35(29)38)31-12-9-25(37(44-31)48-3)19-40-21-27-11-14-34(46)43-27/h4-9,12,15-17,26-27,39-40H,10-11,13-14,18-21H2,1-3H3,(H,42,45)(H,43,46)/t26-,27-/m1/s1. The predicted octanol–water partition coefficient (Wildman–Crippen LogP) is 5.19. The van der Waals surface area contributed by atoms with Crippen LogP contribution in [0.4, 0.5) is 0 Å². The van der Waals surface area contributed by atoms with E-state index in [2.05, 4.69) is 40.3 Å². The number of pyridine rings is 2. The molecule has 4 aromatic rings. The third kappa shape index (κ3) is 7.46. The second-order valence-electron chi connectivity index (χ2n) is 12.3. The second kappa shape index (κ2) is 15.1. The van der Waals surface area contributed by atoms with Gasteiger partial charge < -0.3 is 30.7 Å². The van der Waals surface area contributed by atoms with E-state index < -0.39 is 0 Å². The van der Waals surface area contributed by atoms with E-state index >= 15 is 0 Å². The number of rotatable bonds is 13. The molecule has 2 fully saturated rings. The van der Waals surface area contributed by atoms with E-state index in [1.54, 1.807) is 20.4 Å². The Balaban J connectivity index is 1.20. The van der Waals surface area contributed by atoms with Gasteiger partial charge in [-0.3, -0.25) is 14.6 Å². The van der Waals surface area contributed by atoms with Crippen LogP contribution in [-0.2, 0) is 22.7 Å². The molecule has 0 aliphatic carbocycles. The fourth-order valence-electron chi connectivity index (χ4n) is 6.45. The van der Waals surface area contributed by atoms with Crippen molar-refractivity contribution in [3.63, 3.8) is 0 Å². The maximum atomic E-state index is 11.5. The Morgan fingerprint density at radius 2 is 1.50 bits per heavy atom. The largest absolute Gasteiger partial charge is 0.496 e. The van der Waals surface area contributed by atoms with Crippen molar-refractivity contribution in [2.75, 3.05) is 27.3 Å². The summed E-state index contributed by atoms with van der Waals surface area (Å²) < 4.78 is 11.4. The number of hydrogen-bond donors (Lipinski definition) is 4. The van der Waals surface area contributed by atoms with Crippen LogP contribution in [0.2, 0.25) is 5.02 Å². The highest BCUT2D eigenvalue weighted by Crippen LogP contribution is 2.40. The molecule has 2 aliphatic heterocycles. The monoisotopic (exact) mass is 668 g/mol. The van der Waals surface area contributed by atoms with Gasteiger partial charge in [-0.05, 0) is 49.1 Å². The van der Waals surface area contributed by atoms with E-state index in [4.69, 9.17) is 31.0 Å². The van der Waals surface area contributed by atoms with Gasteiger partial charge in [-0.1, -0.05) is 48.0 Å². The summed E-state index contributed by atoms with van der Waals surface area (Å²) in [5, 5.41) is 13.4. The summed E-state index contributed by atoms with van der Waals surface area (Å²) in [5.74, 6) is 1.52. The van der Waals surface area contributed by atoms with Crippen LogP contribution in [0.15, 0.2) is 60.8 Å². The number of ether oxygens (including phenoxy) is 2. The highest BCUT2D eigenvalue weighted by atomic mass is 35.5. The number of carbonyl (C=O) groups excluding carboxylic acids is 2. The molecule has 0 saturated carbocycles. The Labute approximate surface area is 286 Å². The summed E-state index contributed by atoms with van der Waals surface area (Å²) in [6.45, 7) is 4.65. The Hall–Kier alpha value is -4.51. The number of amides is 2. The number of nitrogens with one attached hydrogen (secondary N) is 4. The van der Waals surface area contributed by atoms with Crippen molar-refractivity contribution < 1.29 is 19.1 Å². The van der Waals surface area contributed by atoms with Crippen molar-refractivity contribution in [1.82, 2.24) is 31.2 Å². The number of nitrogens with zero attached hydrogens (tertiary/aromatic N) is 2. The molecule has 11 heteroatoms. The maximum Gasteiger partial charge on any atom is 0.220 e. The van der Waals surface area contributed by atoms with Crippen LogP contribution in [0.3, 0.4) is 0 Å². The number of carbonyl (C=O) groups is 2. The summed E-state index contributed by atoms with van der Waals surface area (Å²) in [4.78, 5) is 32.6. The van der Waals surface area contributed by atoms with E-state index in [0.29, 0.717) is 55.6 Å². The molecular formula is C37H41ClN6O4. The molecule has 0 bridgehead atoms. The molecule has 10 nitrogen and oxygen atoms in total. The van der Waals surface area contributed by atoms with Gasteiger partial charge in [0.2, 0.25) is 17.7 Å². The zero-order chi connectivity index (χ0) is 33.6. The lowest BCUT2D eigenvalue weighted by Gasteiger charge is -2.17. The van der Waals surface area contributed by atoms with E-state index in [1.807, 2.05) is 42.5 Å². The van der Waals surface area contributed by atoms with Gasteiger partial charge in [0.25, 0.3) is 0 Å². The van der Waals surface area contributed by atoms with Gasteiger partial charge in [0.05, 0.1) is 30.6 Å². The Kier molecular flexibility index (Phi) is 10.5. The second-order valence-corrected chi connectivity index (χ2v) is 12.6. The van der Waals surface area contributed by atoms with E-state index in [0.717, 1.165) is 63.2 Å². The zero-order valence-corrected chi connectivity index (χ0v) is 28.2. The van der Waals surface area contributed by atoms with E-state index in [1.165, 1.54) is 0 Å². The quantitative estimate of drug-likeness (QED) is 0.153. The highest BCUT2D eigenvalue weighted by molar-refractivity contribution is 6.36. The van der Waals surface area contributed by atoms with Crippen molar-refractivity contribution in [3.05, 3.63) is 82.5 Å². The van der Waals surface area contributed by atoms with Crippen molar-refractivity contribution in [2.45, 2.75) is 57.8 Å². The third-order valence-corrected chi connectivity index (χ3v) is 9.45. The first-order valence-electron chi connectivity index (χ1n) is 16.3. The van der Waals surface area contributed by atoms with Gasteiger partial charge in [0, 0.05) is 85.1 Å². The maximum absolute atomic E-state index is 11.5. The van der Waals surface area contributed by atoms with Gasteiger partial charge in [-0.2, -0.15) is 0 Å². The smallest absolute Gasteiger partial charge is 0.220 e. The van der Waals surface area contributed by atoms with Crippen LogP contribution in [0.5, 0.6) is 11.6 Å². The molecule has 2 aromatic heterocycles. The lowest BCUT2D eigenvalue weighted by Crippen LogP contribution is -2.35. The first-order valence-corrected chi connectivity index (χ1v) is 16.7. The normalized spacial score (nSPS) is 17.3. The lowest BCUT2D eigenvalue weighted by molar-refractivity contribution is -0.120. The van der Waals surface area contributed by atoms with Gasteiger partial charge in [0.15, 0.2) is 0 Å². The first-order chi connectivity index (χ1) is 23.3. The highest BCUT2D eigenvalue weighted by Gasteiger charge is 2.22. The van der Waals surface area contributed by atoms with Crippen LogP contribution in [-0.4, -0.2) is 61.2 Å². The molecule has 2 saturated heterocycles. The minimum absolute atomic E-state index is 0.106. The molecule has 2 aliphatic rings. The van der Waals surface area contributed by atoms with Crippen molar-refractivity contribution >= 4 is 23.4 Å². The molecule has 2 amide bonds. The molecule has 0 spiro atoms. The van der Waals surface area contributed by atoms with Gasteiger partial charge in [0.1, 0.15) is 5.75 Å². The molecule has 6 rings (SSSR count). The van der Waals surface area contributed by atoms with Crippen LogP contribution in [0.1, 0.15) is 42.4 Å². The average molecular weight is 669 g/mol. The lowest BCUT2D eigenvalue weighted by atomic mass is 9.94. The number of benzene rings is 2. The molecule has 0 radical (unpaired) electrons. The molecule has 250 valence electrons. The van der Waals surface area contributed by atoms with Crippen LogP contribution >= 0.6 is 11.6 Å². The van der Waals surface area contributed by atoms with Gasteiger partial charge in [-0.25, -0.2) is 4.98 Å². The number of methoxy groups -OCH3 is 2. The predicted molar refractivity (Wildman–Crippen MR) is 187 cm³/mol. The fraction of sp³-hybridized carbons (Fsp3) is 0.351. The Morgan fingerprint density at radius 3 is 2.15 bits per heavy atom. The fourth-order valence-corrected chi connectivity index (χ4v) is 6.77. The van der Waals surface area contributed by atoms with Crippen LogP contribution < -0.4 is 30.7 Å². The van der Waals surface area contributed by atoms with Crippen LogP contribution in [0, 0.1) is 6.92 Å². The van der Waals surface area contributed by atoms with Gasteiger partial charge >= 0.3 is 0 Å². The van der Waals surface area contributed by atoms with Gasteiger partial charge in [-0.15, -0.1) is 0 Å². The Morgan fingerprint density at radius 1 is 0.833 bits per heavy atom. The number of hydrogen-bond acceptors (Lipinski definition) is 8. The number of aromatic nitrogens is 2. The molecule has 2 aromatic carbocycles. The minimum atomic E-state index is 0.106. The Bertz CT molecular complexity index is 1680.